The van der Waals surface area contributed by atoms with E-state index in [0.717, 1.165) is 0 Å². The van der Waals surface area contributed by atoms with Crippen LogP contribution in [0.5, 0.6) is 0 Å². The maximum Gasteiger partial charge on any atom is 0.328 e. The van der Waals surface area contributed by atoms with Crippen molar-refractivity contribution < 1.29 is 28.3 Å². The standard InChI is InChI=1S/C4H13NO6P2/c5-1-2-11-13(9,10)4-3-12(6,7)8/h1-5H2,(H,9,10)(H2,6,7,8). The Bertz CT molecular complexity index is 237. The topological polar surface area (TPSA) is 130 Å². The van der Waals surface area contributed by atoms with Crippen molar-refractivity contribution in [3.05, 3.63) is 0 Å². The van der Waals surface area contributed by atoms with Gasteiger partial charge in [-0.25, -0.2) is 0 Å². The van der Waals surface area contributed by atoms with E-state index in [2.05, 4.69) is 4.52 Å². The highest BCUT2D eigenvalue weighted by Crippen LogP contribution is 2.46. The zero-order valence-corrected chi connectivity index (χ0v) is 8.66. The van der Waals surface area contributed by atoms with Crippen molar-refractivity contribution in [2.45, 2.75) is 0 Å². The lowest BCUT2D eigenvalue weighted by Gasteiger charge is -2.11. The van der Waals surface area contributed by atoms with Crippen molar-refractivity contribution in [2.24, 2.45) is 5.73 Å². The Morgan fingerprint density at radius 3 is 2.08 bits per heavy atom. The van der Waals surface area contributed by atoms with E-state index in [1.165, 1.54) is 0 Å². The molecule has 0 radical (unpaired) electrons. The van der Waals surface area contributed by atoms with Gasteiger partial charge in [-0.1, -0.05) is 0 Å². The van der Waals surface area contributed by atoms with Gasteiger partial charge in [-0.05, 0) is 0 Å². The molecule has 7 nitrogen and oxygen atoms in total. The summed E-state index contributed by atoms with van der Waals surface area (Å²) >= 11 is 0. The lowest BCUT2D eigenvalue weighted by atomic mass is 10.8. The molecule has 0 aliphatic rings. The summed E-state index contributed by atoms with van der Waals surface area (Å²) in [4.78, 5) is 25.8. The number of nitrogens with two attached hydrogens (primary N) is 1. The number of hydrogen-bond donors (Lipinski definition) is 4. The first-order chi connectivity index (χ1) is 5.77. The van der Waals surface area contributed by atoms with Gasteiger partial charge in [0.1, 0.15) is 0 Å². The molecule has 0 aromatic heterocycles. The van der Waals surface area contributed by atoms with Crippen molar-refractivity contribution in [3.63, 3.8) is 0 Å². The molecule has 9 heteroatoms. The normalized spacial score (nSPS) is 16.9. The molecule has 0 bridgehead atoms. The van der Waals surface area contributed by atoms with E-state index in [-0.39, 0.29) is 13.2 Å². The average Bonchev–Trinajstić information content (AvgIpc) is 1.97. The lowest BCUT2D eigenvalue weighted by Crippen LogP contribution is -2.09. The van der Waals surface area contributed by atoms with Crippen molar-refractivity contribution >= 4 is 15.2 Å². The molecule has 0 aliphatic heterocycles. The van der Waals surface area contributed by atoms with E-state index in [1.807, 2.05) is 0 Å². The van der Waals surface area contributed by atoms with Crippen molar-refractivity contribution in [1.29, 1.82) is 0 Å². The Labute approximate surface area is 75.6 Å². The van der Waals surface area contributed by atoms with Crippen LogP contribution in [-0.2, 0) is 13.7 Å². The lowest BCUT2D eigenvalue weighted by molar-refractivity contribution is 0.267. The first kappa shape index (κ1) is 13.3. The summed E-state index contributed by atoms with van der Waals surface area (Å²) in [5, 5.41) is 0. The molecule has 0 saturated carbocycles. The summed E-state index contributed by atoms with van der Waals surface area (Å²) in [7, 11) is -8.12. The second-order valence-electron chi connectivity index (χ2n) is 2.37. The van der Waals surface area contributed by atoms with Gasteiger partial charge in [-0.15, -0.1) is 0 Å². The van der Waals surface area contributed by atoms with E-state index in [1.54, 1.807) is 0 Å². The third-order valence-corrected chi connectivity index (χ3v) is 3.62. The van der Waals surface area contributed by atoms with Crippen LogP contribution in [-0.4, -0.2) is 40.2 Å². The first-order valence-electron chi connectivity index (χ1n) is 3.48. The predicted molar refractivity (Wildman–Crippen MR) is 46.6 cm³/mol. The zero-order valence-electron chi connectivity index (χ0n) is 6.87. The minimum absolute atomic E-state index is 0.0838. The molecule has 0 aliphatic carbocycles. The maximum absolute atomic E-state index is 11.0. The van der Waals surface area contributed by atoms with Gasteiger partial charge in [0, 0.05) is 6.54 Å². The van der Waals surface area contributed by atoms with Crippen LogP contribution in [0.25, 0.3) is 0 Å². The van der Waals surface area contributed by atoms with Gasteiger partial charge in [0.2, 0.25) is 0 Å². The zero-order chi connectivity index (χ0) is 10.5. The van der Waals surface area contributed by atoms with Crippen LogP contribution in [0.15, 0.2) is 0 Å². The molecule has 1 atom stereocenters. The van der Waals surface area contributed by atoms with Crippen LogP contribution in [0.1, 0.15) is 0 Å². The highest BCUT2D eigenvalue weighted by atomic mass is 31.2. The van der Waals surface area contributed by atoms with Crippen LogP contribution in [0.4, 0.5) is 0 Å². The average molecular weight is 233 g/mol. The summed E-state index contributed by atoms with van der Waals surface area (Å²) in [6.07, 6.45) is -1.22. The van der Waals surface area contributed by atoms with Crippen LogP contribution in [0.3, 0.4) is 0 Å². The van der Waals surface area contributed by atoms with Gasteiger partial charge in [0.25, 0.3) is 0 Å². The molecule has 0 fully saturated rings. The second kappa shape index (κ2) is 5.22. The van der Waals surface area contributed by atoms with Crippen LogP contribution >= 0.6 is 15.2 Å². The summed E-state index contributed by atoms with van der Waals surface area (Å²) in [6.45, 7) is -0.0185. The van der Waals surface area contributed by atoms with E-state index in [9.17, 15) is 9.13 Å². The van der Waals surface area contributed by atoms with Crippen LogP contribution < -0.4 is 5.73 Å². The minimum atomic E-state index is -4.24. The second-order valence-corrected chi connectivity index (χ2v) is 6.13. The Morgan fingerprint density at radius 1 is 1.15 bits per heavy atom. The van der Waals surface area contributed by atoms with Gasteiger partial charge in [0.05, 0.1) is 18.9 Å². The van der Waals surface area contributed by atoms with Crippen molar-refractivity contribution in [1.82, 2.24) is 0 Å². The Morgan fingerprint density at radius 2 is 1.69 bits per heavy atom. The number of rotatable bonds is 6. The van der Waals surface area contributed by atoms with Crippen molar-refractivity contribution in [3.8, 4) is 0 Å². The maximum atomic E-state index is 11.0. The molecule has 0 aromatic rings. The van der Waals surface area contributed by atoms with Gasteiger partial charge in [-0.3, -0.25) is 9.13 Å². The third-order valence-electron chi connectivity index (χ3n) is 1.08. The van der Waals surface area contributed by atoms with Crippen molar-refractivity contribution in [2.75, 3.05) is 25.5 Å². The summed E-state index contributed by atoms with van der Waals surface area (Å²) in [6, 6.07) is 0. The quantitative estimate of drug-likeness (QED) is 0.447. The Balaban J connectivity index is 3.90. The van der Waals surface area contributed by atoms with Gasteiger partial charge >= 0.3 is 15.2 Å². The molecule has 0 amide bonds. The van der Waals surface area contributed by atoms with E-state index in [4.69, 9.17) is 20.4 Å². The first-order valence-corrected chi connectivity index (χ1v) is 7.04. The van der Waals surface area contributed by atoms with Gasteiger partial charge in [0.15, 0.2) is 0 Å². The molecule has 13 heavy (non-hydrogen) atoms. The summed E-state index contributed by atoms with van der Waals surface area (Å²) in [5.41, 5.74) is 5.01. The molecule has 80 valence electrons. The Kier molecular flexibility index (Phi) is 5.32. The highest BCUT2D eigenvalue weighted by molar-refractivity contribution is 7.56. The third kappa shape index (κ3) is 8.59. The molecular weight excluding hydrogens is 220 g/mol. The molecular formula is C4H13NO6P2. The van der Waals surface area contributed by atoms with E-state index in [0.29, 0.717) is 0 Å². The van der Waals surface area contributed by atoms with E-state index < -0.39 is 27.5 Å². The van der Waals surface area contributed by atoms with Gasteiger partial charge in [-0.2, -0.15) is 0 Å². The Hall–Kier alpha value is 0.260. The summed E-state index contributed by atoms with van der Waals surface area (Å²) in [5.74, 6) is 0. The fourth-order valence-corrected chi connectivity index (χ4v) is 3.09. The predicted octanol–water partition coefficient (Wildman–Crippen LogP) is -0.675. The SMILES string of the molecule is NCCOP(=O)(O)CCP(=O)(O)O. The molecule has 5 N–H and O–H groups in total. The molecule has 0 spiro atoms. The highest BCUT2D eigenvalue weighted by Gasteiger charge is 2.24. The van der Waals surface area contributed by atoms with E-state index >= 15 is 0 Å². The minimum Gasteiger partial charge on any atom is -0.328 e. The molecule has 0 saturated heterocycles. The molecule has 0 heterocycles. The van der Waals surface area contributed by atoms with Gasteiger partial charge < -0.3 is 24.9 Å². The summed E-state index contributed by atoms with van der Waals surface area (Å²) < 4.78 is 25.7. The molecule has 0 aromatic carbocycles. The molecule has 1 unspecified atom stereocenters. The molecule has 0 rings (SSSR count). The van der Waals surface area contributed by atoms with Crippen LogP contribution in [0.2, 0.25) is 0 Å². The largest absolute Gasteiger partial charge is 0.328 e. The fourth-order valence-electron chi connectivity index (χ4n) is 0.517. The van der Waals surface area contributed by atoms with Crippen LogP contribution in [0, 0.1) is 0 Å². The monoisotopic (exact) mass is 233 g/mol. The number of hydrogen-bond acceptors (Lipinski definition) is 4. The smallest absolute Gasteiger partial charge is 0.328 e. The fraction of sp³-hybridized carbons (Fsp3) is 1.00.